The number of hydrogen-bond donors (Lipinski definition) is 2. The fourth-order valence-corrected chi connectivity index (χ4v) is 3.53. The van der Waals surface area contributed by atoms with Crippen LogP contribution in [0.5, 0.6) is 5.75 Å². The Balaban J connectivity index is 1.95. The lowest BCUT2D eigenvalue weighted by molar-refractivity contribution is -0.124. The van der Waals surface area contributed by atoms with Gasteiger partial charge in [0.2, 0.25) is 5.91 Å². The summed E-state index contributed by atoms with van der Waals surface area (Å²) in [5.41, 5.74) is 4.89. The van der Waals surface area contributed by atoms with E-state index in [9.17, 15) is 14.7 Å². The monoisotopic (exact) mass is 378 g/mol. The molecule has 1 heterocycles. The van der Waals surface area contributed by atoms with Gasteiger partial charge in [0, 0.05) is 18.1 Å². The number of carbonyl (C=O) groups is 2. The Bertz CT molecular complexity index is 1050. The van der Waals surface area contributed by atoms with E-state index in [-0.39, 0.29) is 24.0 Å². The molecule has 5 nitrogen and oxygen atoms in total. The summed E-state index contributed by atoms with van der Waals surface area (Å²) in [7, 11) is 0. The highest BCUT2D eigenvalue weighted by molar-refractivity contribution is 6.08. The lowest BCUT2D eigenvalue weighted by atomic mass is 9.99. The number of aromatic hydroxyl groups is 1. The molecule has 146 valence electrons. The molecule has 0 aliphatic heterocycles. The van der Waals surface area contributed by atoms with Crippen molar-refractivity contribution in [2.24, 2.45) is 0 Å². The predicted molar refractivity (Wildman–Crippen MR) is 112 cm³/mol. The Labute approximate surface area is 165 Å². The van der Waals surface area contributed by atoms with Gasteiger partial charge >= 0.3 is 0 Å². The Morgan fingerprint density at radius 1 is 1.14 bits per heavy atom. The number of amides is 1. The number of carbonyl (C=O) groups excluding carboxylic acids is 2. The van der Waals surface area contributed by atoms with E-state index in [0.717, 1.165) is 27.6 Å². The molecule has 0 aliphatic carbocycles. The first-order chi connectivity index (χ1) is 13.3. The molecular formula is C23H26N2O3. The molecule has 0 bridgehead atoms. The van der Waals surface area contributed by atoms with Crippen LogP contribution in [0.15, 0.2) is 42.6 Å². The second kappa shape index (κ2) is 7.89. The molecule has 3 rings (SSSR count). The van der Waals surface area contributed by atoms with Gasteiger partial charge in [-0.1, -0.05) is 32.0 Å². The van der Waals surface area contributed by atoms with Gasteiger partial charge in [0.05, 0.1) is 17.6 Å². The van der Waals surface area contributed by atoms with Crippen LogP contribution < -0.4 is 5.32 Å². The average Bonchev–Trinajstić information content (AvgIpc) is 3.03. The van der Waals surface area contributed by atoms with Crippen LogP contribution >= 0.6 is 0 Å². The molecular weight excluding hydrogens is 352 g/mol. The second-order valence-electron chi connectivity index (χ2n) is 7.61. The number of anilines is 1. The first-order valence-electron chi connectivity index (χ1n) is 9.45. The summed E-state index contributed by atoms with van der Waals surface area (Å²) >= 11 is 0. The highest BCUT2D eigenvalue weighted by Gasteiger charge is 2.13. The molecule has 0 spiro atoms. The fourth-order valence-electron chi connectivity index (χ4n) is 3.53. The number of aromatic nitrogens is 1. The normalized spacial score (nSPS) is 11.2. The topological polar surface area (TPSA) is 71.3 Å². The minimum atomic E-state index is -0.300. The van der Waals surface area contributed by atoms with Crippen molar-refractivity contribution < 1.29 is 14.7 Å². The Hall–Kier alpha value is -3.08. The molecule has 0 fully saturated rings. The number of aryl methyl sites for hydroxylation is 1. The number of hydrogen-bond acceptors (Lipinski definition) is 3. The first-order valence-corrected chi connectivity index (χ1v) is 9.45. The van der Waals surface area contributed by atoms with Crippen molar-refractivity contribution in [3.05, 3.63) is 59.3 Å². The van der Waals surface area contributed by atoms with Crippen molar-refractivity contribution in [3.8, 4) is 5.75 Å². The van der Waals surface area contributed by atoms with Crippen molar-refractivity contribution >= 4 is 28.3 Å². The van der Waals surface area contributed by atoms with Crippen molar-refractivity contribution in [1.82, 2.24) is 4.57 Å². The van der Waals surface area contributed by atoms with Crippen LogP contribution in [0, 0.1) is 6.92 Å². The van der Waals surface area contributed by atoms with Crippen molar-refractivity contribution in [1.29, 1.82) is 0 Å². The van der Waals surface area contributed by atoms with Crippen LogP contribution in [0.1, 0.15) is 49.8 Å². The predicted octanol–water partition coefficient (Wildman–Crippen LogP) is 4.74. The van der Waals surface area contributed by atoms with Crippen LogP contribution in [-0.2, 0) is 16.1 Å². The molecule has 1 amide bonds. The number of nitrogens with one attached hydrogen (secondary N) is 1. The van der Waals surface area contributed by atoms with E-state index in [1.54, 1.807) is 6.07 Å². The Morgan fingerprint density at radius 3 is 2.57 bits per heavy atom. The van der Waals surface area contributed by atoms with Gasteiger partial charge in [-0.05, 0) is 54.7 Å². The third kappa shape index (κ3) is 4.09. The lowest BCUT2D eigenvalue weighted by Crippen LogP contribution is -2.15. The van der Waals surface area contributed by atoms with Gasteiger partial charge in [-0.3, -0.25) is 9.59 Å². The van der Waals surface area contributed by atoms with Crippen LogP contribution in [0.2, 0.25) is 0 Å². The maximum atomic E-state index is 12.0. The zero-order valence-corrected chi connectivity index (χ0v) is 16.7. The number of rotatable bonds is 6. The van der Waals surface area contributed by atoms with Crippen LogP contribution in [0.25, 0.3) is 10.9 Å². The van der Waals surface area contributed by atoms with Crippen molar-refractivity contribution in [3.63, 3.8) is 0 Å². The van der Waals surface area contributed by atoms with E-state index in [1.807, 2.05) is 43.5 Å². The molecule has 0 saturated carbocycles. The van der Waals surface area contributed by atoms with E-state index in [2.05, 4.69) is 23.7 Å². The number of benzene rings is 2. The first kappa shape index (κ1) is 19.7. The highest BCUT2D eigenvalue weighted by atomic mass is 16.3. The summed E-state index contributed by atoms with van der Waals surface area (Å²) in [4.78, 5) is 23.2. The molecule has 5 heteroatoms. The molecule has 0 aliphatic rings. The van der Waals surface area contributed by atoms with Crippen molar-refractivity contribution in [2.75, 3.05) is 5.32 Å². The minimum absolute atomic E-state index is 0.123. The van der Waals surface area contributed by atoms with Crippen LogP contribution in [0.3, 0.4) is 0 Å². The summed E-state index contributed by atoms with van der Waals surface area (Å²) in [6, 6.07) is 11.5. The molecule has 28 heavy (non-hydrogen) atoms. The maximum absolute atomic E-state index is 12.0. The molecule has 0 unspecified atom stereocenters. The van der Waals surface area contributed by atoms with Gasteiger partial charge in [0.15, 0.2) is 0 Å². The Morgan fingerprint density at radius 2 is 1.89 bits per heavy atom. The lowest BCUT2D eigenvalue weighted by Gasteiger charge is -2.13. The smallest absolute Gasteiger partial charge is 0.231 e. The summed E-state index contributed by atoms with van der Waals surface area (Å²) < 4.78 is 2.14. The third-order valence-corrected chi connectivity index (χ3v) is 4.88. The van der Waals surface area contributed by atoms with Gasteiger partial charge in [0.25, 0.3) is 0 Å². The third-order valence-electron chi connectivity index (χ3n) is 4.88. The van der Waals surface area contributed by atoms with Gasteiger partial charge < -0.3 is 15.0 Å². The molecule has 0 atom stereocenters. The van der Waals surface area contributed by atoms with E-state index in [0.29, 0.717) is 18.0 Å². The summed E-state index contributed by atoms with van der Waals surface area (Å²) in [5, 5.41) is 13.8. The van der Waals surface area contributed by atoms with E-state index in [4.69, 9.17) is 0 Å². The maximum Gasteiger partial charge on any atom is 0.231 e. The molecule has 0 saturated heterocycles. The highest BCUT2D eigenvalue weighted by Crippen LogP contribution is 2.30. The van der Waals surface area contributed by atoms with E-state index >= 15 is 0 Å². The summed E-state index contributed by atoms with van der Waals surface area (Å²) in [5.74, 6) is 0.103. The van der Waals surface area contributed by atoms with E-state index in [1.165, 1.54) is 6.92 Å². The number of phenolic OH excluding ortho intramolecular Hbond substituents is 1. The zero-order valence-electron chi connectivity index (χ0n) is 16.7. The van der Waals surface area contributed by atoms with Gasteiger partial charge in [0.1, 0.15) is 11.5 Å². The van der Waals surface area contributed by atoms with Gasteiger partial charge in [-0.15, -0.1) is 0 Å². The van der Waals surface area contributed by atoms with Crippen LogP contribution in [0.4, 0.5) is 5.69 Å². The number of phenols is 1. The minimum Gasteiger partial charge on any atom is -0.508 e. The molecule has 2 N–H and O–H groups in total. The summed E-state index contributed by atoms with van der Waals surface area (Å²) in [6.45, 7) is 8.23. The SMILES string of the molecule is CC(=O)CC(=O)Nc1ccc(C)c2c1ccn2Cc1ccc(O)c(C(C)C)c1. The zero-order chi connectivity index (χ0) is 20.4. The summed E-state index contributed by atoms with van der Waals surface area (Å²) in [6.07, 6.45) is 1.88. The number of fused-ring (bicyclic) bond motifs is 1. The van der Waals surface area contributed by atoms with E-state index < -0.39 is 0 Å². The fraction of sp³-hybridized carbons (Fsp3) is 0.304. The van der Waals surface area contributed by atoms with Crippen molar-refractivity contribution in [2.45, 2.75) is 46.6 Å². The average molecular weight is 378 g/mol. The molecule has 1 aromatic heterocycles. The number of Topliss-reactive ketones (excluding diaryl/α,β-unsaturated/α-hetero) is 1. The number of ketones is 1. The second-order valence-corrected chi connectivity index (χ2v) is 7.61. The number of nitrogens with zero attached hydrogens (tertiary/aromatic N) is 1. The standard InChI is InChI=1S/C23H26N2O3/c1-14(2)19-12-17(6-8-21(19)27)13-25-10-9-18-20(7-5-15(3)23(18)25)24-22(28)11-16(4)26/h5-10,12,14,27H,11,13H2,1-4H3,(H,24,28). The Kier molecular flexibility index (Phi) is 5.54. The largest absolute Gasteiger partial charge is 0.508 e. The van der Waals surface area contributed by atoms with Gasteiger partial charge in [-0.2, -0.15) is 0 Å². The molecule has 2 aromatic carbocycles. The van der Waals surface area contributed by atoms with Crippen LogP contribution in [-0.4, -0.2) is 21.4 Å². The molecule has 0 radical (unpaired) electrons. The quantitative estimate of drug-likeness (QED) is 0.608. The molecule has 3 aromatic rings. The van der Waals surface area contributed by atoms with Gasteiger partial charge in [-0.25, -0.2) is 0 Å².